The predicted octanol–water partition coefficient (Wildman–Crippen LogP) is 3.17. The Morgan fingerprint density at radius 3 is 2.80 bits per heavy atom. The number of hydrogen-bond acceptors (Lipinski definition) is 3. The van der Waals surface area contributed by atoms with Gasteiger partial charge in [-0.2, -0.15) is 0 Å². The molecule has 0 N–H and O–H groups in total. The van der Waals surface area contributed by atoms with Crippen molar-refractivity contribution >= 4 is 34.0 Å². The number of hydrogen-bond donors (Lipinski definition) is 0. The molecule has 0 bridgehead atoms. The molecule has 0 aliphatic rings. The van der Waals surface area contributed by atoms with Gasteiger partial charge in [-0.1, -0.05) is 36.0 Å². The first kappa shape index (κ1) is 14.1. The van der Waals surface area contributed by atoms with Crippen molar-refractivity contribution in [3.8, 4) is 23.7 Å². The number of benzene rings is 1. The summed E-state index contributed by atoms with van der Waals surface area (Å²) >= 11 is 1.58. The van der Waals surface area contributed by atoms with Gasteiger partial charge < -0.3 is 4.79 Å². The summed E-state index contributed by atoms with van der Waals surface area (Å²) in [6, 6.07) is 7.92. The number of carbonyl (C=O) groups excluding carboxylic acids is 2. The van der Waals surface area contributed by atoms with Crippen molar-refractivity contribution in [2.24, 2.45) is 0 Å². The molecular formula is C17H12O2S. The molecule has 0 aliphatic heterocycles. The second kappa shape index (κ2) is 7.28. The van der Waals surface area contributed by atoms with Crippen LogP contribution in [-0.2, 0) is 9.59 Å². The van der Waals surface area contributed by atoms with Crippen LogP contribution >= 0.6 is 11.3 Å². The van der Waals surface area contributed by atoms with Crippen LogP contribution in [0.25, 0.3) is 10.1 Å². The van der Waals surface area contributed by atoms with Crippen molar-refractivity contribution < 1.29 is 9.59 Å². The fraction of sp³-hybridized carbons (Fsp3) is 0.176. The van der Waals surface area contributed by atoms with E-state index in [2.05, 4.69) is 23.7 Å². The largest absolute Gasteiger partial charge is 0.303 e. The zero-order chi connectivity index (χ0) is 14.2. The zero-order valence-electron chi connectivity index (χ0n) is 10.8. The van der Waals surface area contributed by atoms with Crippen LogP contribution in [0.5, 0.6) is 0 Å². The monoisotopic (exact) mass is 280 g/mol. The second-order valence-corrected chi connectivity index (χ2v) is 5.10. The molecule has 2 nitrogen and oxygen atoms in total. The summed E-state index contributed by atoms with van der Waals surface area (Å²) in [4.78, 5) is 21.6. The third-order valence-electron chi connectivity index (χ3n) is 2.68. The van der Waals surface area contributed by atoms with Crippen molar-refractivity contribution in [1.82, 2.24) is 0 Å². The van der Waals surface area contributed by atoms with Gasteiger partial charge in [-0.3, -0.25) is 4.79 Å². The second-order valence-electron chi connectivity index (χ2n) is 4.05. The molecule has 98 valence electrons. The number of rotatable bonds is 3. The molecule has 0 amide bonds. The number of aldehydes is 2. The highest BCUT2D eigenvalue weighted by atomic mass is 32.1. The van der Waals surface area contributed by atoms with Gasteiger partial charge in [-0.05, 0) is 18.4 Å². The molecule has 0 saturated carbocycles. The van der Waals surface area contributed by atoms with Crippen LogP contribution in [-0.4, -0.2) is 12.6 Å². The van der Waals surface area contributed by atoms with Crippen LogP contribution in [0, 0.1) is 23.7 Å². The lowest BCUT2D eigenvalue weighted by Crippen LogP contribution is -1.78. The standard InChI is InChI=1S/C17H12O2S/c18-12-6-2-1-3-10-16-15(9-7-13-19)14-8-4-5-11-17(14)20-16/h4-5,8,11-13H,1-2,6H2. The number of carbonyl (C=O) groups is 2. The van der Waals surface area contributed by atoms with E-state index in [-0.39, 0.29) is 0 Å². The molecule has 0 fully saturated rings. The maximum absolute atomic E-state index is 10.4. The maximum Gasteiger partial charge on any atom is 0.193 e. The third kappa shape index (κ3) is 3.35. The predicted molar refractivity (Wildman–Crippen MR) is 81.6 cm³/mol. The summed E-state index contributed by atoms with van der Waals surface area (Å²) in [5, 5.41) is 1.03. The minimum atomic E-state index is 0.541. The minimum Gasteiger partial charge on any atom is -0.303 e. The van der Waals surface area contributed by atoms with E-state index >= 15 is 0 Å². The highest BCUT2D eigenvalue weighted by molar-refractivity contribution is 7.19. The van der Waals surface area contributed by atoms with Gasteiger partial charge in [0.05, 0.1) is 10.4 Å². The molecular weight excluding hydrogens is 268 g/mol. The summed E-state index contributed by atoms with van der Waals surface area (Å²) in [5.74, 6) is 11.5. The van der Waals surface area contributed by atoms with Gasteiger partial charge in [0, 0.05) is 22.9 Å². The fourth-order valence-electron chi connectivity index (χ4n) is 1.78. The molecule has 2 aromatic rings. The van der Waals surface area contributed by atoms with E-state index < -0.39 is 0 Å². The Kier molecular flexibility index (Phi) is 5.12. The van der Waals surface area contributed by atoms with Crippen LogP contribution < -0.4 is 0 Å². The van der Waals surface area contributed by atoms with Crippen molar-refractivity contribution in [1.29, 1.82) is 0 Å². The van der Waals surface area contributed by atoms with Gasteiger partial charge in [0.1, 0.15) is 6.29 Å². The molecule has 1 aromatic carbocycles. The summed E-state index contributed by atoms with van der Waals surface area (Å²) in [6.07, 6.45) is 3.50. The van der Waals surface area contributed by atoms with Gasteiger partial charge in [0.2, 0.25) is 0 Å². The lowest BCUT2D eigenvalue weighted by molar-refractivity contribution is -0.108. The fourth-order valence-corrected chi connectivity index (χ4v) is 2.81. The Bertz CT molecular complexity index is 748. The molecule has 0 aliphatic carbocycles. The van der Waals surface area contributed by atoms with Crippen molar-refractivity contribution in [3.05, 3.63) is 34.7 Å². The van der Waals surface area contributed by atoms with E-state index in [1.54, 1.807) is 11.3 Å². The van der Waals surface area contributed by atoms with E-state index in [9.17, 15) is 9.59 Å². The van der Waals surface area contributed by atoms with E-state index in [1.807, 2.05) is 24.3 Å². The summed E-state index contributed by atoms with van der Waals surface area (Å²) in [6.45, 7) is 0. The van der Waals surface area contributed by atoms with Gasteiger partial charge >= 0.3 is 0 Å². The lowest BCUT2D eigenvalue weighted by Gasteiger charge is -1.89. The summed E-state index contributed by atoms with van der Waals surface area (Å²) < 4.78 is 1.11. The van der Waals surface area contributed by atoms with Crippen molar-refractivity contribution in [2.45, 2.75) is 19.3 Å². The number of unbranched alkanes of at least 4 members (excludes halogenated alkanes) is 2. The smallest absolute Gasteiger partial charge is 0.193 e. The molecule has 0 saturated heterocycles. The first-order valence-electron chi connectivity index (χ1n) is 6.26. The van der Waals surface area contributed by atoms with Crippen LogP contribution in [0.2, 0.25) is 0 Å². The molecule has 0 radical (unpaired) electrons. The molecule has 0 atom stereocenters. The summed E-state index contributed by atoms with van der Waals surface area (Å²) in [7, 11) is 0. The van der Waals surface area contributed by atoms with Crippen LogP contribution in [0.15, 0.2) is 24.3 Å². The topological polar surface area (TPSA) is 34.1 Å². The van der Waals surface area contributed by atoms with E-state index in [1.165, 1.54) is 0 Å². The van der Waals surface area contributed by atoms with E-state index in [0.717, 1.165) is 33.2 Å². The number of thiophene rings is 1. The Labute approximate surface area is 121 Å². The third-order valence-corrected chi connectivity index (χ3v) is 3.76. The highest BCUT2D eigenvalue weighted by Crippen LogP contribution is 2.30. The molecule has 1 heterocycles. The average molecular weight is 280 g/mol. The molecule has 2 rings (SSSR count). The molecule has 1 aromatic heterocycles. The van der Waals surface area contributed by atoms with E-state index in [0.29, 0.717) is 19.1 Å². The van der Waals surface area contributed by atoms with Crippen LogP contribution in [0.3, 0.4) is 0 Å². The quantitative estimate of drug-likeness (QED) is 0.491. The van der Waals surface area contributed by atoms with Crippen molar-refractivity contribution in [2.75, 3.05) is 0 Å². The van der Waals surface area contributed by atoms with Crippen LogP contribution in [0.4, 0.5) is 0 Å². The zero-order valence-corrected chi connectivity index (χ0v) is 11.6. The number of fused-ring (bicyclic) bond motifs is 1. The van der Waals surface area contributed by atoms with Crippen molar-refractivity contribution in [3.63, 3.8) is 0 Å². The minimum absolute atomic E-state index is 0.541. The first-order valence-corrected chi connectivity index (χ1v) is 7.07. The SMILES string of the molecule is O=CC#Cc1c(C#CCCCC=O)sc2ccccc12. The highest BCUT2D eigenvalue weighted by Gasteiger charge is 2.07. The maximum atomic E-state index is 10.4. The molecule has 0 unspecified atom stereocenters. The molecule has 3 heteroatoms. The Morgan fingerprint density at radius 2 is 2.00 bits per heavy atom. The Hall–Kier alpha value is -2.36. The Morgan fingerprint density at radius 1 is 1.15 bits per heavy atom. The average Bonchev–Trinajstić information content (AvgIpc) is 2.82. The van der Waals surface area contributed by atoms with Gasteiger partial charge in [0.25, 0.3) is 0 Å². The van der Waals surface area contributed by atoms with Crippen LogP contribution in [0.1, 0.15) is 29.7 Å². The van der Waals surface area contributed by atoms with Gasteiger partial charge in [-0.25, -0.2) is 0 Å². The molecule has 20 heavy (non-hydrogen) atoms. The Balaban J connectivity index is 2.36. The summed E-state index contributed by atoms with van der Waals surface area (Å²) in [5.41, 5.74) is 0.820. The molecule has 0 spiro atoms. The first-order chi connectivity index (χ1) is 9.86. The van der Waals surface area contributed by atoms with E-state index in [4.69, 9.17) is 0 Å². The normalized spacial score (nSPS) is 9.20. The lowest BCUT2D eigenvalue weighted by atomic mass is 10.1. The van der Waals surface area contributed by atoms with Gasteiger partial charge in [0.15, 0.2) is 6.29 Å². The van der Waals surface area contributed by atoms with Gasteiger partial charge in [-0.15, -0.1) is 11.3 Å².